The molecule has 4 nitrogen and oxygen atoms in total. The molecule has 104 valence electrons. The van der Waals surface area contributed by atoms with Gasteiger partial charge in [0.25, 0.3) is 5.91 Å². The summed E-state index contributed by atoms with van der Waals surface area (Å²) in [5.41, 5.74) is 0.353. The van der Waals surface area contributed by atoms with Crippen molar-refractivity contribution in [1.29, 1.82) is 0 Å². The number of benzene rings is 1. The molecule has 0 aromatic heterocycles. The molecule has 0 aliphatic carbocycles. The lowest BCUT2D eigenvalue weighted by molar-refractivity contribution is 0.0946. The Labute approximate surface area is 114 Å². The van der Waals surface area contributed by atoms with E-state index < -0.39 is 0 Å². The number of hydrogen-bond donors (Lipinski definition) is 2. The molecule has 0 saturated carbocycles. The van der Waals surface area contributed by atoms with Gasteiger partial charge in [0, 0.05) is 6.54 Å². The Hall–Kier alpha value is -1.55. The zero-order valence-electron chi connectivity index (χ0n) is 11.4. The van der Waals surface area contributed by atoms with E-state index in [1.807, 2.05) is 0 Å². The lowest BCUT2D eigenvalue weighted by atomic mass is 9.94. The van der Waals surface area contributed by atoms with E-state index in [1.54, 1.807) is 18.2 Å². The average Bonchev–Trinajstić information content (AvgIpc) is 2.41. The first-order valence-electron chi connectivity index (χ1n) is 6.91. The maximum absolute atomic E-state index is 11.9. The summed E-state index contributed by atoms with van der Waals surface area (Å²) in [6.07, 6.45) is 3.44. The lowest BCUT2D eigenvalue weighted by Crippen LogP contribution is -2.32. The highest BCUT2D eigenvalue weighted by Crippen LogP contribution is 2.19. The highest BCUT2D eigenvalue weighted by atomic mass is 16.3. The molecule has 0 unspecified atom stereocenters. The number of nitrogens with zero attached hydrogens (tertiary/aromatic N) is 1. The number of piperidine rings is 1. The van der Waals surface area contributed by atoms with Crippen LogP contribution in [-0.2, 0) is 0 Å². The Bertz CT molecular complexity index is 426. The minimum Gasteiger partial charge on any atom is -0.507 e. The van der Waals surface area contributed by atoms with Gasteiger partial charge in [-0.1, -0.05) is 12.1 Å². The van der Waals surface area contributed by atoms with Crippen LogP contribution in [0.4, 0.5) is 0 Å². The number of hydrogen-bond acceptors (Lipinski definition) is 3. The van der Waals surface area contributed by atoms with Crippen molar-refractivity contribution < 1.29 is 9.90 Å². The first-order valence-corrected chi connectivity index (χ1v) is 6.91. The smallest absolute Gasteiger partial charge is 0.255 e. The van der Waals surface area contributed by atoms with E-state index in [0.29, 0.717) is 18.0 Å². The predicted molar refractivity (Wildman–Crippen MR) is 75.3 cm³/mol. The van der Waals surface area contributed by atoms with E-state index in [2.05, 4.69) is 17.3 Å². The average molecular weight is 262 g/mol. The van der Waals surface area contributed by atoms with Crippen molar-refractivity contribution in [3.63, 3.8) is 0 Å². The van der Waals surface area contributed by atoms with E-state index in [-0.39, 0.29) is 11.7 Å². The molecule has 4 heteroatoms. The Kier molecular flexibility index (Phi) is 4.80. The summed E-state index contributed by atoms with van der Waals surface area (Å²) in [5.74, 6) is 0.561. The monoisotopic (exact) mass is 262 g/mol. The SMILES string of the molecule is CN1CCC(CCNC(=O)c2ccccc2O)CC1. The van der Waals surface area contributed by atoms with Crippen molar-refractivity contribution >= 4 is 5.91 Å². The fraction of sp³-hybridized carbons (Fsp3) is 0.533. The standard InChI is InChI=1S/C15H22N2O2/c1-17-10-7-12(8-11-17)6-9-16-15(19)13-4-2-3-5-14(13)18/h2-5,12,18H,6-11H2,1H3,(H,16,19). The van der Waals surface area contributed by atoms with Crippen LogP contribution in [0.5, 0.6) is 5.75 Å². The number of nitrogens with one attached hydrogen (secondary N) is 1. The van der Waals surface area contributed by atoms with Gasteiger partial charge < -0.3 is 15.3 Å². The highest BCUT2D eigenvalue weighted by molar-refractivity contribution is 5.96. The third-order valence-corrected chi connectivity index (χ3v) is 3.82. The van der Waals surface area contributed by atoms with E-state index in [0.717, 1.165) is 19.5 Å². The number of carbonyl (C=O) groups is 1. The largest absolute Gasteiger partial charge is 0.507 e. The second-order valence-electron chi connectivity index (χ2n) is 5.31. The number of aromatic hydroxyl groups is 1. The molecule has 1 saturated heterocycles. The summed E-state index contributed by atoms with van der Waals surface area (Å²) in [6.45, 7) is 2.98. The van der Waals surface area contributed by atoms with Gasteiger partial charge in [0.05, 0.1) is 5.56 Å². The Morgan fingerprint density at radius 3 is 2.74 bits per heavy atom. The molecule has 1 fully saturated rings. The number of carbonyl (C=O) groups excluding carboxylic acids is 1. The van der Waals surface area contributed by atoms with Crippen molar-refractivity contribution in [3.05, 3.63) is 29.8 Å². The predicted octanol–water partition coefficient (Wildman–Crippen LogP) is 1.85. The van der Waals surface area contributed by atoms with Crippen LogP contribution < -0.4 is 5.32 Å². The van der Waals surface area contributed by atoms with Gasteiger partial charge >= 0.3 is 0 Å². The maximum atomic E-state index is 11.9. The van der Waals surface area contributed by atoms with Gasteiger partial charge in [0.2, 0.25) is 0 Å². The van der Waals surface area contributed by atoms with Gasteiger partial charge in [0.15, 0.2) is 0 Å². The second-order valence-corrected chi connectivity index (χ2v) is 5.31. The van der Waals surface area contributed by atoms with Crippen LogP contribution in [0.3, 0.4) is 0 Å². The van der Waals surface area contributed by atoms with Crippen molar-refractivity contribution in [2.75, 3.05) is 26.7 Å². The van der Waals surface area contributed by atoms with E-state index in [4.69, 9.17) is 0 Å². The van der Waals surface area contributed by atoms with Gasteiger partial charge in [-0.25, -0.2) is 0 Å². The van der Waals surface area contributed by atoms with Crippen LogP contribution >= 0.6 is 0 Å². The van der Waals surface area contributed by atoms with Gasteiger partial charge in [-0.05, 0) is 57.5 Å². The van der Waals surface area contributed by atoms with Crippen molar-refractivity contribution in [1.82, 2.24) is 10.2 Å². The van der Waals surface area contributed by atoms with Gasteiger partial charge in [0.1, 0.15) is 5.75 Å². The summed E-state index contributed by atoms with van der Waals surface area (Å²) in [5, 5.41) is 12.5. The van der Waals surface area contributed by atoms with Crippen LogP contribution in [0.15, 0.2) is 24.3 Å². The third-order valence-electron chi connectivity index (χ3n) is 3.82. The summed E-state index contributed by atoms with van der Waals surface area (Å²) in [6, 6.07) is 6.64. The zero-order valence-corrected chi connectivity index (χ0v) is 11.4. The minimum atomic E-state index is -0.189. The molecule has 0 atom stereocenters. The Balaban J connectivity index is 1.74. The van der Waals surface area contributed by atoms with Crippen molar-refractivity contribution in [2.45, 2.75) is 19.3 Å². The quantitative estimate of drug-likeness (QED) is 0.870. The summed E-state index contributed by atoms with van der Waals surface area (Å²) >= 11 is 0. The summed E-state index contributed by atoms with van der Waals surface area (Å²) in [4.78, 5) is 14.2. The third kappa shape index (κ3) is 3.96. The minimum absolute atomic E-state index is 0.0410. The topological polar surface area (TPSA) is 52.6 Å². The molecule has 1 heterocycles. The molecule has 2 rings (SSSR count). The van der Waals surface area contributed by atoms with E-state index in [9.17, 15) is 9.90 Å². The van der Waals surface area contributed by atoms with Gasteiger partial charge in [-0.2, -0.15) is 0 Å². The van der Waals surface area contributed by atoms with Crippen LogP contribution in [-0.4, -0.2) is 42.6 Å². The molecule has 1 aromatic carbocycles. The molecule has 1 aliphatic rings. The first kappa shape index (κ1) is 13.9. The van der Waals surface area contributed by atoms with Crippen LogP contribution in [0.1, 0.15) is 29.6 Å². The molecule has 19 heavy (non-hydrogen) atoms. The summed E-state index contributed by atoms with van der Waals surface area (Å²) < 4.78 is 0. The Morgan fingerprint density at radius 1 is 1.37 bits per heavy atom. The molecule has 2 N–H and O–H groups in total. The molecule has 0 bridgehead atoms. The van der Waals surface area contributed by atoms with E-state index in [1.165, 1.54) is 18.9 Å². The molecule has 1 amide bonds. The normalized spacial score (nSPS) is 17.3. The number of phenols is 1. The first-order chi connectivity index (χ1) is 9.16. The van der Waals surface area contributed by atoms with Gasteiger partial charge in [-0.15, -0.1) is 0 Å². The molecular weight excluding hydrogens is 240 g/mol. The number of para-hydroxylation sites is 1. The Morgan fingerprint density at radius 2 is 2.05 bits per heavy atom. The maximum Gasteiger partial charge on any atom is 0.255 e. The van der Waals surface area contributed by atoms with E-state index >= 15 is 0 Å². The van der Waals surface area contributed by atoms with Crippen molar-refractivity contribution in [2.24, 2.45) is 5.92 Å². The fourth-order valence-corrected chi connectivity index (χ4v) is 2.50. The van der Waals surface area contributed by atoms with Crippen LogP contribution in [0.2, 0.25) is 0 Å². The molecule has 0 spiro atoms. The molecule has 1 aliphatic heterocycles. The summed E-state index contributed by atoms with van der Waals surface area (Å²) in [7, 11) is 2.15. The number of amides is 1. The lowest BCUT2D eigenvalue weighted by Gasteiger charge is -2.28. The van der Waals surface area contributed by atoms with Gasteiger partial charge in [-0.3, -0.25) is 4.79 Å². The molecule has 0 radical (unpaired) electrons. The molecule has 1 aromatic rings. The van der Waals surface area contributed by atoms with Crippen LogP contribution in [0, 0.1) is 5.92 Å². The fourth-order valence-electron chi connectivity index (χ4n) is 2.50. The molecular formula is C15H22N2O2. The van der Waals surface area contributed by atoms with Crippen LogP contribution in [0.25, 0.3) is 0 Å². The second kappa shape index (κ2) is 6.57. The van der Waals surface area contributed by atoms with Crippen molar-refractivity contribution in [3.8, 4) is 5.75 Å². The number of likely N-dealkylation sites (tertiary alicyclic amines) is 1. The highest BCUT2D eigenvalue weighted by Gasteiger charge is 2.17. The number of rotatable bonds is 4. The number of phenolic OH excluding ortho intramolecular Hbond substituents is 1. The zero-order chi connectivity index (χ0) is 13.7.